The summed E-state index contributed by atoms with van der Waals surface area (Å²) in [7, 11) is 0. The minimum Gasteiger partial charge on any atom is -0.364 e. The van der Waals surface area contributed by atoms with Crippen molar-refractivity contribution < 1.29 is 19.2 Å². The van der Waals surface area contributed by atoms with Gasteiger partial charge in [0.25, 0.3) is 5.91 Å². The summed E-state index contributed by atoms with van der Waals surface area (Å²) >= 11 is 1.23. The third kappa shape index (κ3) is 1.95. The quantitative estimate of drug-likeness (QED) is 0.499. The summed E-state index contributed by atoms with van der Waals surface area (Å²) in [5.41, 5.74) is 4.73. The number of nitrogens with zero attached hydrogens (tertiary/aromatic N) is 2. The number of aryl methyl sites for hydroxylation is 1. The van der Waals surface area contributed by atoms with E-state index in [-0.39, 0.29) is 16.5 Å². The van der Waals surface area contributed by atoms with E-state index in [1.807, 2.05) is 0 Å². The molecule has 8 heteroatoms. The van der Waals surface area contributed by atoms with E-state index < -0.39 is 17.5 Å². The summed E-state index contributed by atoms with van der Waals surface area (Å²) in [6.07, 6.45) is 2.69. The molecule has 25 heavy (non-hydrogen) atoms. The van der Waals surface area contributed by atoms with E-state index in [2.05, 4.69) is 24.0 Å². The van der Waals surface area contributed by atoms with Crippen LogP contribution in [0.5, 0.6) is 0 Å². The molecule has 4 rings (SSSR count). The van der Waals surface area contributed by atoms with Gasteiger partial charge >= 0.3 is 5.97 Å². The summed E-state index contributed by atoms with van der Waals surface area (Å²) in [5, 5.41) is 5.87. The van der Waals surface area contributed by atoms with Gasteiger partial charge < -0.3 is 15.3 Å². The monoisotopic (exact) mass is 363 g/mol. The Morgan fingerprint density at radius 2 is 2.24 bits per heavy atom. The molecule has 3 fully saturated rings. The van der Waals surface area contributed by atoms with Crippen LogP contribution in [0.4, 0.5) is 0 Å². The molecular formula is C17H21N3O4S. The lowest BCUT2D eigenvalue weighted by atomic mass is 9.66. The Bertz CT molecular complexity index is 806. The number of carbonyl (C=O) groups excluding carboxylic acids is 2. The summed E-state index contributed by atoms with van der Waals surface area (Å²) in [6.45, 7) is 6.66. The van der Waals surface area contributed by atoms with Gasteiger partial charge in [0.2, 0.25) is 5.71 Å². The Balaban J connectivity index is 1.61. The zero-order chi connectivity index (χ0) is 18.0. The molecule has 1 aromatic heterocycles. The number of rotatable bonds is 4. The number of primary amides is 1. The maximum absolute atomic E-state index is 12.9. The van der Waals surface area contributed by atoms with E-state index >= 15 is 0 Å². The molecule has 0 spiro atoms. The van der Waals surface area contributed by atoms with Crippen LogP contribution < -0.4 is 5.73 Å². The summed E-state index contributed by atoms with van der Waals surface area (Å²) < 4.78 is 5.97. The van der Waals surface area contributed by atoms with Gasteiger partial charge in [-0.1, -0.05) is 19.0 Å². The Morgan fingerprint density at radius 3 is 2.80 bits per heavy atom. The summed E-state index contributed by atoms with van der Waals surface area (Å²) in [4.78, 5) is 33.9. The van der Waals surface area contributed by atoms with E-state index in [0.29, 0.717) is 24.0 Å². The van der Waals surface area contributed by atoms with Crippen LogP contribution in [0, 0.1) is 23.7 Å². The van der Waals surface area contributed by atoms with Crippen LogP contribution in [-0.2, 0) is 19.2 Å². The van der Waals surface area contributed by atoms with E-state index in [1.54, 1.807) is 12.3 Å². The molecule has 7 nitrogen and oxygen atoms in total. The van der Waals surface area contributed by atoms with Crippen molar-refractivity contribution in [1.29, 1.82) is 0 Å². The molecule has 2 heterocycles. The number of aromatic nitrogens is 1. The van der Waals surface area contributed by atoms with Crippen molar-refractivity contribution in [2.24, 2.45) is 27.6 Å². The number of hydrogen-bond acceptors (Lipinski definition) is 7. The van der Waals surface area contributed by atoms with Gasteiger partial charge in [-0.25, -0.2) is 9.78 Å². The van der Waals surface area contributed by atoms with E-state index in [1.165, 1.54) is 11.3 Å². The number of carbonyl (C=O) groups is 2. The molecule has 1 amide bonds. The van der Waals surface area contributed by atoms with Crippen LogP contribution >= 0.6 is 11.3 Å². The Hall–Kier alpha value is -1.80. The molecule has 134 valence electrons. The number of oxime groups is 1. The number of nitrogens with two attached hydrogens (primary N) is 1. The van der Waals surface area contributed by atoms with Crippen LogP contribution in [-0.4, -0.2) is 34.8 Å². The molecule has 1 saturated heterocycles. The average molecular weight is 363 g/mol. The van der Waals surface area contributed by atoms with Gasteiger partial charge in [-0.2, -0.15) is 0 Å². The van der Waals surface area contributed by atoms with E-state index in [4.69, 9.17) is 15.3 Å². The van der Waals surface area contributed by atoms with Crippen molar-refractivity contribution in [3.63, 3.8) is 0 Å². The predicted molar refractivity (Wildman–Crippen MR) is 90.9 cm³/mol. The molecule has 0 unspecified atom stereocenters. The molecule has 4 bridgehead atoms. The molecule has 0 aromatic carbocycles. The fourth-order valence-electron chi connectivity index (χ4n) is 5.03. The molecule has 0 radical (unpaired) electrons. The first-order chi connectivity index (χ1) is 11.7. The minimum atomic E-state index is -0.976. The SMILES string of the molecule is Cc1csc(/C(=N/OC(=O)[C@@]23C[C@@H]4CC[C@]2(C)[C@]4(C)CO3)C(N)=O)n1. The van der Waals surface area contributed by atoms with Crippen LogP contribution in [0.3, 0.4) is 0 Å². The summed E-state index contributed by atoms with van der Waals surface area (Å²) in [6, 6.07) is 0. The number of ether oxygens (including phenoxy) is 1. The molecule has 2 saturated carbocycles. The molecular weight excluding hydrogens is 342 g/mol. The average Bonchev–Trinajstić information content (AvgIpc) is 3.20. The first kappa shape index (κ1) is 16.7. The van der Waals surface area contributed by atoms with Gasteiger partial charge in [0.05, 0.1) is 6.61 Å². The van der Waals surface area contributed by atoms with Gasteiger partial charge in [0, 0.05) is 21.9 Å². The molecule has 4 atom stereocenters. The fourth-order valence-corrected chi connectivity index (χ4v) is 5.81. The summed E-state index contributed by atoms with van der Waals surface area (Å²) in [5.74, 6) is -0.857. The first-order valence-corrected chi connectivity index (χ1v) is 9.27. The lowest BCUT2D eigenvalue weighted by Crippen LogP contribution is -2.50. The van der Waals surface area contributed by atoms with Crippen LogP contribution in [0.15, 0.2) is 10.5 Å². The molecule has 2 aliphatic carbocycles. The first-order valence-electron chi connectivity index (χ1n) is 8.39. The van der Waals surface area contributed by atoms with Gasteiger partial charge in [-0.3, -0.25) is 4.79 Å². The van der Waals surface area contributed by atoms with Gasteiger partial charge in [-0.05, 0) is 32.1 Å². The second kappa shape index (κ2) is 5.11. The van der Waals surface area contributed by atoms with Crippen molar-refractivity contribution in [3.8, 4) is 0 Å². The standard InChI is InChI=1S/C17H21N3O4S/c1-9-7-25-13(19-9)11(12(18)21)20-24-14(22)17-6-10-4-5-16(17,3)15(10,2)8-23-17/h7,10H,4-6,8H2,1-3H3,(H2,18,21)/b20-11+/t10-,15+,16+,17-/m0/s1. The minimum absolute atomic E-state index is 0.00529. The van der Waals surface area contributed by atoms with Crippen LogP contribution in [0.25, 0.3) is 0 Å². The zero-order valence-electron chi connectivity index (χ0n) is 14.5. The molecule has 3 aliphatic rings. The lowest BCUT2D eigenvalue weighted by molar-refractivity contribution is -0.181. The largest absolute Gasteiger partial charge is 0.367 e. The fraction of sp³-hybridized carbons (Fsp3) is 0.647. The topological polar surface area (TPSA) is 104 Å². The van der Waals surface area contributed by atoms with Crippen molar-refractivity contribution in [2.75, 3.05) is 6.61 Å². The van der Waals surface area contributed by atoms with Crippen LogP contribution in [0.2, 0.25) is 0 Å². The highest BCUT2D eigenvalue weighted by atomic mass is 32.1. The Morgan fingerprint density at radius 1 is 1.48 bits per heavy atom. The second-order valence-corrected chi connectivity index (χ2v) is 8.64. The molecule has 1 aromatic rings. The highest BCUT2D eigenvalue weighted by Crippen LogP contribution is 2.75. The van der Waals surface area contributed by atoms with Gasteiger partial charge in [-0.15, -0.1) is 11.3 Å². The van der Waals surface area contributed by atoms with Gasteiger partial charge in [0.15, 0.2) is 10.6 Å². The number of thiazole rings is 1. The highest BCUT2D eigenvalue weighted by molar-refractivity contribution is 7.12. The van der Waals surface area contributed by atoms with Gasteiger partial charge in [0.1, 0.15) is 0 Å². The number of hydrogen-bond donors (Lipinski definition) is 1. The van der Waals surface area contributed by atoms with Crippen molar-refractivity contribution in [3.05, 3.63) is 16.1 Å². The third-order valence-electron chi connectivity index (χ3n) is 6.80. The van der Waals surface area contributed by atoms with Crippen molar-refractivity contribution in [1.82, 2.24) is 4.98 Å². The van der Waals surface area contributed by atoms with E-state index in [0.717, 1.165) is 18.5 Å². The molecule has 2 N–H and O–H groups in total. The Labute approximate surface area is 149 Å². The smallest absolute Gasteiger partial charge is 0.364 e. The Kier molecular flexibility index (Phi) is 3.40. The number of amides is 1. The zero-order valence-corrected chi connectivity index (χ0v) is 15.3. The van der Waals surface area contributed by atoms with Crippen molar-refractivity contribution >= 4 is 28.9 Å². The second-order valence-electron chi connectivity index (χ2n) is 7.78. The lowest BCUT2D eigenvalue weighted by Gasteiger charge is -2.38. The normalized spacial score (nSPS) is 39.0. The third-order valence-corrected chi connectivity index (χ3v) is 7.77. The van der Waals surface area contributed by atoms with Crippen molar-refractivity contribution in [2.45, 2.75) is 45.6 Å². The highest BCUT2D eigenvalue weighted by Gasteiger charge is 2.79. The maximum atomic E-state index is 12.9. The molecule has 1 aliphatic heterocycles. The maximum Gasteiger partial charge on any atom is 0.367 e. The predicted octanol–water partition coefficient (Wildman–Crippen LogP) is 1.78. The van der Waals surface area contributed by atoms with Crippen LogP contribution in [0.1, 0.15) is 43.8 Å². The van der Waals surface area contributed by atoms with E-state index in [9.17, 15) is 9.59 Å².